The molecule has 0 saturated heterocycles. The van der Waals surface area contributed by atoms with Crippen molar-refractivity contribution in [1.82, 2.24) is 4.90 Å². The monoisotopic (exact) mass is 329 g/mol. The lowest BCUT2D eigenvalue weighted by molar-refractivity contribution is -0.144. The van der Waals surface area contributed by atoms with E-state index >= 15 is 0 Å². The van der Waals surface area contributed by atoms with Crippen LogP contribution >= 0.6 is 23.2 Å². The van der Waals surface area contributed by atoms with E-state index in [4.69, 9.17) is 39.5 Å². The summed E-state index contributed by atoms with van der Waals surface area (Å²) in [4.78, 5) is 23.5. The van der Waals surface area contributed by atoms with Crippen molar-refractivity contribution < 1.29 is 19.4 Å². The number of carboxylic acid groups (broad SMARTS) is 1. The predicted molar refractivity (Wildman–Crippen MR) is 79.6 cm³/mol. The number of carbonyl (C=O) groups excluding carboxylic acids is 1. The zero-order valence-electron chi connectivity index (χ0n) is 11.0. The third kappa shape index (κ3) is 5.94. The van der Waals surface area contributed by atoms with Crippen LogP contribution in [0, 0.1) is 12.3 Å². The van der Waals surface area contributed by atoms with Crippen molar-refractivity contribution in [3.05, 3.63) is 28.2 Å². The summed E-state index contributed by atoms with van der Waals surface area (Å²) in [5.74, 6) is 1.20. The average molecular weight is 330 g/mol. The Kier molecular flexibility index (Phi) is 6.86. The van der Waals surface area contributed by atoms with Crippen molar-refractivity contribution in [3.8, 4) is 18.1 Å². The summed E-state index contributed by atoms with van der Waals surface area (Å²) in [6.07, 6.45) is 5.11. The van der Waals surface area contributed by atoms with E-state index in [0.29, 0.717) is 15.8 Å². The van der Waals surface area contributed by atoms with Crippen molar-refractivity contribution in [2.45, 2.75) is 6.42 Å². The van der Waals surface area contributed by atoms with E-state index < -0.39 is 18.4 Å². The fourth-order valence-electron chi connectivity index (χ4n) is 1.49. The van der Waals surface area contributed by atoms with Crippen LogP contribution in [0.1, 0.15) is 6.42 Å². The van der Waals surface area contributed by atoms with Crippen molar-refractivity contribution in [2.24, 2.45) is 0 Å². The van der Waals surface area contributed by atoms with Crippen molar-refractivity contribution in [3.63, 3.8) is 0 Å². The number of halogens is 2. The van der Waals surface area contributed by atoms with E-state index in [2.05, 4.69) is 5.92 Å². The molecule has 0 aliphatic heterocycles. The molecule has 112 valence electrons. The van der Waals surface area contributed by atoms with Crippen LogP contribution in [0.2, 0.25) is 10.0 Å². The molecule has 0 aliphatic rings. The van der Waals surface area contributed by atoms with Crippen LogP contribution in [0.25, 0.3) is 0 Å². The molecule has 0 radical (unpaired) electrons. The first-order valence-corrected chi connectivity index (χ1v) is 6.70. The first-order chi connectivity index (χ1) is 9.93. The molecule has 7 heteroatoms. The molecule has 0 atom stereocenters. The van der Waals surface area contributed by atoms with Gasteiger partial charge in [-0.05, 0) is 12.1 Å². The molecule has 1 rings (SSSR count). The number of nitrogens with zero attached hydrogens (tertiary/aromatic N) is 1. The largest absolute Gasteiger partial charge is 0.493 e. The van der Waals surface area contributed by atoms with Gasteiger partial charge in [0.2, 0.25) is 5.91 Å². The molecule has 0 saturated carbocycles. The Hall–Kier alpha value is -1.90. The van der Waals surface area contributed by atoms with E-state index in [0.717, 1.165) is 4.90 Å². The Bertz CT molecular complexity index is 569. The molecule has 1 amide bonds. The highest BCUT2D eigenvalue weighted by Gasteiger charge is 2.15. The highest BCUT2D eigenvalue weighted by Crippen LogP contribution is 2.26. The summed E-state index contributed by atoms with van der Waals surface area (Å²) < 4.78 is 5.36. The maximum atomic E-state index is 11.8. The molecule has 0 spiro atoms. The molecular formula is C14H13Cl2NO4. The number of carbonyl (C=O) groups is 2. The molecule has 1 aromatic carbocycles. The number of carboxylic acids is 1. The normalized spacial score (nSPS) is 9.76. The fraction of sp³-hybridized carbons (Fsp3) is 0.286. The predicted octanol–water partition coefficient (Wildman–Crippen LogP) is 2.31. The van der Waals surface area contributed by atoms with Gasteiger partial charge in [-0.25, -0.2) is 0 Å². The van der Waals surface area contributed by atoms with Crippen LogP contribution < -0.4 is 4.74 Å². The summed E-state index contributed by atoms with van der Waals surface area (Å²) in [5.41, 5.74) is 0. The lowest BCUT2D eigenvalue weighted by atomic mass is 10.3. The Morgan fingerprint density at radius 1 is 1.33 bits per heavy atom. The first kappa shape index (κ1) is 17.2. The minimum Gasteiger partial charge on any atom is -0.493 e. The van der Waals surface area contributed by atoms with Gasteiger partial charge in [-0.1, -0.05) is 29.1 Å². The Morgan fingerprint density at radius 3 is 2.62 bits per heavy atom. The zero-order valence-corrected chi connectivity index (χ0v) is 12.5. The summed E-state index contributed by atoms with van der Waals surface area (Å²) in [6, 6.07) is 4.73. The lowest BCUT2D eigenvalue weighted by Crippen LogP contribution is -2.36. The van der Waals surface area contributed by atoms with Crippen LogP contribution in [-0.4, -0.2) is 41.6 Å². The van der Waals surface area contributed by atoms with Crippen LogP contribution in [0.4, 0.5) is 0 Å². The second-order valence-corrected chi connectivity index (χ2v) is 4.84. The molecule has 0 aliphatic carbocycles. The van der Waals surface area contributed by atoms with E-state index in [-0.39, 0.29) is 19.6 Å². The Morgan fingerprint density at radius 2 is 2.05 bits per heavy atom. The average Bonchev–Trinajstić information content (AvgIpc) is 2.41. The molecule has 1 aromatic rings. The molecule has 0 bridgehead atoms. The van der Waals surface area contributed by atoms with Gasteiger partial charge in [0, 0.05) is 6.07 Å². The van der Waals surface area contributed by atoms with E-state index in [1.165, 1.54) is 6.07 Å². The van der Waals surface area contributed by atoms with Crippen LogP contribution in [0.3, 0.4) is 0 Å². The maximum absolute atomic E-state index is 11.8. The molecule has 0 fully saturated rings. The van der Waals surface area contributed by atoms with Gasteiger partial charge in [0.1, 0.15) is 12.3 Å². The molecular weight excluding hydrogens is 317 g/mol. The van der Waals surface area contributed by atoms with E-state index in [1.807, 2.05) is 0 Å². The van der Waals surface area contributed by atoms with Crippen LogP contribution in [-0.2, 0) is 9.59 Å². The van der Waals surface area contributed by atoms with Crippen molar-refractivity contribution >= 4 is 35.1 Å². The summed E-state index contributed by atoms with van der Waals surface area (Å²) in [6.45, 7) is -0.412. The third-order valence-electron chi connectivity index (χ3n) is 2.44. The lowest BCUT2D eigenvalue weighted by Gasteiger charge is -2.17. The number of aliphatic carboxylic acids is 1. The number of benzene rings is 1. The standard InChI is InChI=1S/C14H13Cl2NO4/c1-2-6-17(9-14(19)20)13(18)5-7-21-10-3-4-11(15)12(16)8-10/h1,3-4,8H,5-7,9H2,(H,19,20). The maximum Gasteiger partial charge on any atom is 0.323 e. The van der Waals surface area contributed by atoms with Gasteiger partial charge in [0.05, 0.1) is 29.6 Å². The van der Waals surface area contributed by atoms with Gasteiger partial charge < -0.3 is 14.7 Å². The topological polar surface area (TPSA) is 66.8 Å². The quantitative estimate of drug-likeness (QED) is 0.779. The van der Waals surface area contributed by atoms with Crippen LogP contribution in [0.5, 0.6) is 5.75 Å². The Balaban J connectivity index is 2.49. The highest BCUT2D eigenvalue weighted by atomic mass is 35.5. The highest BCUT2D eigenvalue weighted by molar-refractivity contribution is 6.42. The SMILES string of the molecule is C#CCN(CC(=O)O)C(=O)CCOc1ccc(Cl)c(Cl)c1. The summed E-state index contributed by atoms with van der Waals surface area (Å²) in [7, 11) is 0. The van der Waals surface area contributed by atoms with Gasteiger partial charge in [-0.3, -0.25) is 9.59 Å². The Labute approximate surface area is 132 Å². The number of amides is 1. The second kappa shape index (κ2) is 8.40. The third-order valence-corrected chi connectivity index (χ3v) is 3.18. The summed E-state index contributed by atoms with van der Waals surface area (Å²) >= 11 is 11.6. The number of ether oxygens (including phenoxy) is 1. The van der Waals surface area contributed by atoms with Gasteiger partial charge in [-0.15, -0.1) is 6.42 Å². The first-order valence-electron chi connectivity index (χ1n) is 5.95. The number of hydrogen-bond acceptors (Lipinski definition) is 3. The van der Waals surface area contributed by atoms with Crippen molar-refractivity contribution in [1.29, 1.82) is 0 Å². The minimum absolute atomic E-state index is 0.00913. The molecule has 0 heterocycles. The van der Waals surface area contributed by atoms with Crippen LogP contribution in [0.15, 0.2) is 18.2 Å². The second-order valence-electron chi connectivity index (χ2n) is 4.02. The van der Waals surface area contributed by atoms with Gasteiger partial charge in [-0.2, -0.15) is 0 Å². The zero-order chi connectivity index (χ0) is 15.8. The fourth-order valence-corrected chi connectivity index (χ4v) is 1.77. The molecule has 21 heavy (non-hydrogen) atoms. The summed E-state index contributed by atoms with van der Waals surface area (Å²) in [5, 5.41) is 9.45. The number of terminal acetylenes is 1. The molecule has 5 nitrogen and oxygen atoms in total. The molecule has 1 N–H and O–H groups in total. The number of rotatable bonds is 7. The smallest absolute Gasteiger partial charge is 0.323 e. The minimum atomic E-state index is -1.12. The van der Waals surface area contributed by atoms with Gasteiger partial charge in [0.15, 0.2) is 0 Å². The number of hydrogen-bond donors (Lipinski definition) is 1. The molecule has 0 aromatic heterocycles. The van der Waals surface area contributed by atoms with Crippen molar-refractivity contribution in [2.75, 3.05) is 19.7 Å². The van der Waals surface area contributed by atoms with Gasteiger partial charge >= 0.3 is 5.97 Å². The van der Waals surface area contributed by atoms with Gasteiger partial charge in [0.25, 0.3) is 0 Å². The van der Waals surface area contributed by atoms with E-state index in [1.54, 1.807) is 12.1 Å². The molecule has 0 unspecified atom stereocenters. The van der Waals surface area contributed by atoms with E-state index in [9.17, 15) is 9.59 Å².